The van der Waals surface area contributed by atoms with E-state index in [1.807, 2.05) is 13.8 Å². The average Bonchev–Trinajstić information content (AvgIpc) is 2.05. The van der Waals surface area contributed by atoms with Crippen LogP contribution in [0.2, 0.25) is 0 Å². The predicted molar refractivity (Wildman–Crippen MR) is 45.1 cm³/mol. The van der Waals surface area contributed by atoms with E-state index in [4.69, 9.17) is 1.37 Å². The first-order valence-electron chi connectivity index (χ1n) is 4.91. The number of hydrogen-bond donors (Lipinski definition) is 1. The van der Waals surface area contributed by atoms with Crippen LogP contribution in [-0.2, 0) is 0 Å². The van der Waals surface area contributed by atoms with E-state index in [1.165, 1.54) is 0 Å². The monoisotopic (exact) mass is 145 g/mol. The third-order valence-corrected chi connectivity index (χ3v) is 2.21. The van der Waals surface area contributed by atoms with E-state index in [2.05, 4.69) is 0 Å². The highest BCUT2D eigenvalue weighted by molar-refractivity contribution is 4.73. The van der Waals surface area contributed by atoms with Gasteiger partial charge in [-0.15, -0.1) is 0 Å². The lowest BCUT2D eigenvalue weighted by molar-refractivity contribution is 0.0216. The molecule has 1 heteroatoms. The summed E-state index contributed by atoms with van der Waals surface area (Å²) in [6.07, 6.45) is 4.44. The van der Waals surface area contributed by atoms with Gasteiger partial charge in [0.25, 0.3) is 0 Å². The molecule has 0 unspecified atom stereocenters. The Hall–Kier alpha value is -0.0400. The molecule has 0 amide bonds. The Balaban J connectivity index is 3.51. The molecule has 0 saturated carbocycles. The van der Waals surface area contributed by atoms with Gasteiger partial charge < -0.3 is 5.11 Å². The van der Waals surface area contributed by atoms with E-state index < -0.39 is 5.60 Å². The van der Waals surface area contributed by atoms with Crippen LogP contribution in [0, 0.1) is 0 Å². The SMILES string of the molecule is [2H]CCCCC(O)(CC)CC. The number of hydrogen-bond acceptors (Lipinski definition) is 1. The van der Waals surface area contributed by atoms with E-state index in [1.54, 1.807) is 0 Å². The van der Waals surface area contributed by atoms with Crippen molar-refractivity contribution >= 4 is 0 Å². The first kappa shape index (κ1) is 8.06. The van der Waals surface area contributed by atoms with Gasteiger partial charge in [0.15, 0.2) is 0 Å². The largest absolute Gasteiger partial charge is 0.390 e. The molecule has 0 atom stereocenters. The van der Waals surface area contributed by atoms with Gasteiger partial charge in [-0.3, -0.25) is 0 Å². The molecule has 1 nitrogen and oxygen atoms in total. The summed E-state index contributed by atoms with van der Waals surface area (Å²) in [5.41, 5.74) is -0.449. The van der Waals surface area contributed by atoms with Crippen molar-refractivity contribution in [2.45, 2.75) is 58.5 Å². The summed E-state index contributed by atoms with van der Waals surface area (Å²) in [7, 11) is 0. The van der Waals surface area contributed by atoms with E-state index >= 15 is 0 Å². The van der Waals surface area contributed by atoms with Gasteiger partial charge in [0.05, 0.1) is 5.60 Å². The van der Waals surface area contributed by atoms with Crippen molar-refractivity contribution < 1.29 is 6.48 Å². The maximum Gasteiger partial charge on any atom is 0.0642 e. The van der Waals surface area contributed by atoms with Crippen LogP contribution in [-0.4, -0.2) is 10.7 Å². The minimum absolute atomic E-state index is 0.449. The summed E-state index contributed by atoms with van der Waals surface area (Å²) in [4.78, 5) is 0. The molecule has 0 heterocycles. The van der Waals surface area contributed by atoms with Gasteiger partial charge in [0.1, 0.15) is 0 Å². The lowest BCUT2D eigenvalue weighted by atomic mass is 9.91. The van der Waals surface area contributed by atoms with Crippen LogP contribution in [0.1, 0.15) is 54.2 Å². The lowest BCUT2D eigenvalue weighted by Gasteiger charge is -2.24. The van der Waals surface area contributed by atoms with Crippen LogP contribution in [0.15, 0.2) is 0 Å². The minimum Gasteiger partial charge on any atom is -0.390 e. The van der Waals surface area contributed by atoms with Crippen molar-refractivity contribution in [3.63, 3.8) is 0 Å². The van der Waals surface area contributed by atoms with Crippen LogP contribution in [0.3, 0.4) is 0 Å². The quantitative estimate of drug-likeness (QED) is 0.590. The first-order valence-corrected chi connectivity index (χ1v) is 4.20. The number of rotatable bonds is 5. The van der Waals surface area contributed by atoms with Crippen LogP contribution < -0.4 is 0 Å². The highest BCUT2D eigenvalue weighted by Crippen LogP contribution is 2.21. The fourth-order valence-electron chi connectivity index (χ4n) is 1.06. The van der Waals surface area contributed by atoms with Gasteiger partial charge in [0.2, 0.25) is 0 Å². The molecule has 0 aromatic rings. The van der Waals surface area contributed by atoms with Crippen molar-refractivity contribution in [2.75, 3.05) is 0 Å². The second kappa shape index (κ2) is 4.73. The average molecular weight is 145 g/mol. The fourth-order valence-corrected chi connectivity index (χ4v) is 1.06. The summed E-state index contributed by atoms with van der Waals surface area (Å²) in [5, 5.41) is 9.79. The standard InChI is InChI=1S/C9H20O/c1-4-7-8-9(10,5-2)6-3/h10H,4-8H2,1-3H3/i1D. The van der Waals surface area contributed by atoms with Gasteiger partial charge in [-0.25, -0.2) is 0 Å². The first-order chi connectivity index (χ1) is 5.18. The molecule has 0 aliphatic rings. The smallest absolute Gasteiger partial charge is 0.0642 e. The Labute approximate surface area is 65.9 Å². The van der Waals surface area contributed by atoms with Gasteiger partial charge in [-0.05, 0) is 19.3 Å². The molecule has 0 aromatic carbocycles. The van der Waals surface area contributed by atoms with Crippen molar-refractivity contribution in [1.29, 1.82) is 0 Å². The zero-order valence-corrected chi connectivity index (χ0v) is 7.19. The Kier molecular flexibility index (Phi) is 3.81. The zero-order chi connectivity index (χ0) is 8.74. The topological polar surface area (TPSA) is 20.2 Å². The van der Waals surface area contributed by atoms with E-state index in [9.17, 15) is 5.11 Å². The van der Waals surface area contributed by atoms with Gasteiger partial charge in [-0.1, -0.05) is 33.6 Å². The molecule has 62 valence electrons. The maximum atomic E-state index is 9.79. The predicted octanol–water partition coefficient (Wildman–Crippen LogP) is 2.73. The molecule has 10 heavy (non-hydrogen) atoms. The summed E-state index contributed by atoms with van der Waals surface area (Å²) in [6, 6.07) is 0. The third kappa shape index (κ3) is 3.21. The molecule has 0 bridgehead atoms. The second-order valence-corrected chi connectivity index (χ2v) is 2.89. The lowest BCUT2D eigenvalue weighted by Crippen LogP contribution is -2.25. The Morgan fingerprint density at radius 1 is 1.40 bits per heavy atom. The molecule has 0 aromatic heterocycles. The van der Waals surface area contributed by atoms with E-state index in [0.717, 1.165) is 32.1 Å². The van der Waals surface area contributed by atoms with Crippen LogP contribution in [0.5, 0.6) is 0 Å². The maximum absolute atomic E-state index is 9.79. The second-order valence-electron chi connectivity index (χ2n) is 2.89. The summed E-state index contributed by atoms with van der Waals surface area (Å²) >= 11 is 0. The van der Waals surface area contributed by atoms with Gasteiger partial charge >= 0.3 is 0 Å². The summed E-state index contributed by atoms with van der Waals surface area (Å²) < 4.78 is 6.94. The summed E-state index contributed by atoms with van der Waals surface area (Å²) in [5.74, 6) is 0. The minimum atomic E-state index is -0.449. The molecular weight excluding hydrogens is 124 g/mol. The van der Waals surface area contributed by atoms with Crippen LogP contribution >= 0.6 is 0 Å². The van der Waals surface area contributed by atoms with E-state index in [0.29, 0.717) is 6.90 Å². The Morgan fingerprint density at radius 3 is 2.40 bits per heavy atom. The highest BCUT2D eigenvalue weighted by Gasteiger charge is 2.20. The van der Waals surface area contributed by atoms with Gasteiger partial charge in [-0.2, -0.15) is 0 Å². The molecule has 0 aliphatic heterocycles. The molecule has 1 N–H and O–H groups in total. The van der Waals surface area contributed by atoms with Gasteiger partial charge in [0, 0.05) is 1.37 Å². The van der Waals surface area contributed by atoms with Crippen LogP contribution in [0.25, 0.3) is 0 Å². The van der Waals surface area contributed by atoms with Crippen molar-refractivity contribution in [3.8, 4) is 0 Å². The molecule has 0 aliphatic carbocycles. The zero-order valence-electron chi connectivity index (χ0n) is 8.19. The number of aliphatic hydroxyl groups is 1. The molecule has 0 rings (SSSR count). The van der Waals surface area contributed by atoms with Crippen LogP contribution in [0.4, 0.5) is 0 Å². The number of unbranched alkanes of at least 4 members (excludes halogenated alkanes) is 1. The molecular formula is C9H20O. The molecule has 0 spiro atoms. The Bertz CT molecular complexity index is 89.6. The molecule has 0 fully saturated rings. The summed E-state index contributed by atoms with van der Waals surface area (Å²) in [6.45, 7) is 4.53. The third-order valence-electron chi connectivity index (χ3n) is 2.21. The molecule has 0 saturated heterocycles. The molecule has 0 radical (unpaired) electrons. The normalized spacial score (nSPS) is 13.3. The Morgan fingerprint density at radius 2 is 2.00 bits per heavy atom. The van der Waals surface area contributed by atoms with Crippen molar-refractivity contribution in [3.05, 3.63) is 0 Å². The van der Waals surface area contributed by atoms with Crippen molar-refractivity contribution in [1.82, 2.24) is 0 Å². The highest BCUT2D eigenvalue weighted by atomic mass is 16.3. The van der Waals surface area contributed by atoms with E-state index in [-0.39, 0.29) is 0 Å². The fraction of sp³-hybridized carbons (Fsp3) is 1.00. The van der Waals surface area contributed by atoms with Crippen molar-refractivity contribution in [2.24, 2.45) is 0 Å².